The number of rotatable bonds is 25. The van der Waals surface area contributed by atoms with Gasteiger partial charge in [0.1, 0.15) is 52.2 Å². The lowest BCUT2D eigenvalue weighted by atomic mass is 10.0. The van der Waals surface area contributed by atoms with Crippen molar-refractivity contribution in [2.24, 2.45) is 0 Å². The average molecular weight is 1610 g/mol. The highest BCUT2D eigenvalue weighted by molar-refractivity contribution is 6.04. The Morgan fingerprint density at radius 1 is 0.263 bits per heavy atom. The zero-order chi connectivity index (χ0) is 83.8. The van der Waals surface area contributed by atoms with Crippen molar-refractivity contribution in [1.82, 2.24) is 24.9 Å². The molecule has 0 aliphatic carbocycles. The molecule has 0 saturated carbocycles. The summed E-state index contributed by atoms with van der Waals surface area (Å²) >= 11 is 0. The summed E-state index contributed by atoms with van der Waals surface area (Å²) < 4.78 is 135. The third-order valence-corrected chi connectivity index (χ3v) is 17.3. The number of carbonyl (C=O) groups is 5. The predicted molar refractivity (Wildman–Crippen MR) is 431 cm³/mol. The van der Waals surface area contributed by atoms with E-state index >= 15 is 0 Å². The van der Waals surface area contributed by atoms with E-state index in [1.807, 2.05) is 50.2 Å². The second kappa shape index (κ2) is 40.2. The molecule has 0 unspecified atom stereocenters. The summed E-state index contributed by atoms with van der Waals surface area (Å²) in [4.78, 5) is 80.4. The number of aromatic nitrogens is 5. The second-order valence-corrected chi connectivity index (χ2v) is 25.2. The molecular weight excluding hydrogens is 1530 g/mol. The van der Waals surface area contributed by atoms with Crippen LogP contribution >= 0.6 is 0 Å². The van der Waals surface area contributed by atoms with Gasteiger partial charge in [-0.25, -0.2) is 60.0 Å². The summed E-state index contributed by atoms with van der Waals surface area (Å²) in [6.07, 6.45) is 9.33. The molecular formula is C90H72F8N10O10. The second-order valence-electron chi connectivity index (χ2n) is 25.2. The molecule has 0 spiro atoms. The van der Waals surface area contributed by atoms with E-state index in [9.17, 15) is 59.1 Å². The first-order chi connectivity index (χ1) is 57.1. The van der Waals surface area contributed by atoms with Gasteiger partial charge in [-0.1, -0.05) is 168 Å². The molecule has 0 amide bonds. The molecule has 15 rings (SSSR count). The molecule has 5 N–H and O–H groups in total. The van der Waals surface area contributed by atoms with E-state index in [2.05, 4.69) is 51.5 Å². The van der Waals surface area contributed by atoms with Gasteiger partial charge >= 0.3 is 0 Å². The number of hydrogen-bond donors (Lipinski definition) is 5. The normalized spacial score (nSPS) is 10.6. The van der Waals surface area contributed by atoms with E-state index in [0.717, 1.165) is 42.5 Å². The molecule has 10 aromatic carbocycles. The van der Waals surface area contributed by atoms with E-state index in [4.69, 9.17) is 22.1 Å². The summed E-state index contributed by atoms with van der Waals surface area (Å²) in [5, 5.41) is 13.6. The molecule has 0 aliphatic rings. The lowest BCUT2D eigenvalue weighted by Crippen LogP contribution is -1.99. The summed E-state index contributed by atoms with van der Waals surface area (Å²) in [5.74, 6) is -2.68. The van der Waals surface area contributed by atoms with Gasteiger partial charge in [0.05, 0.1) is 42.4 Å². The molecule has 5 heterocycles. The van der Waals surface area contributed by atoms with E-state index in [1.165, 1.54) is 55.0 Å². The standard InChI is InChI=1S/3C18H14F2N2O2.2C18H15FN2O2/c1-2-15(23)11-6-3-4-7-12(11)16-10-21-18(24-16)22-17-13(19)8-5-9-14(17)20;1-2-16(23)12-5-3-4-6-13(12)17-10-21-18(24-17)22-15-8-7-11(19)9-14(15)20;1-2-16(23)12-5-3-4-6-13(12)17-10-21-18(24-17)22-15-9-11(19)7-8-14(15)20;1-2-16(22)14-8-3-4-9-15(14)17-11-20-18(23-17)21-13-7-5-6-12(19)10-13;1-2-16(22)14-5-3-4-6-15(14)17-11-20-18(23-17)21-13-9-7-12(19)8-10-13/h3*3-10H,2H2,1H3,(H,21,22);2*3-11H,2H2,1H3,(H,20,21). The van der Waals surface area contributed by atoms with Crippen molar-refractivity contribution in [3.05, 3.63) is 330 Å². The maximum atomic E-state index is 13.7. The first kappa shape index (κ1) is 84.0. The SMILES string of the molecule is CCC(=O)c1ccccc1-c1cnc(Nc2c(F)cccc2F)o1.CCC(=O)c1ccccc1-c1cnc(Nc2cc(F)ccc2F)o1.CCC(=O)c1ccccc1-c1cnc(Nc2ccc(F)cc2)o1.CCC(=O)c1ccccc1-c1cnc(Nc2ccc(F)cc2F)o1.CCC(=O)c1ccccc1-c1cnc(Nc2cccc(F)c2)o1. The van der Waals surface area contributed by atoms with Crippen LogP contribution in [0.3, 0.4) is 0 Å². The first-order valence-electron chi connectivity index (χ1n) is 36.7. The third-order valence-electron chi connectivity index (χ3n) is 17.3. The van der Waals surface area contributed by atoms with Crippen LogP contribution in [0.1, 0.15) is 119 Å². The van der Waals surface area contributed by atoms with Crippen molar-refractivity contribution in [2.75, 3.05) is 26.6 Å². The number of oxazole rings is 5. The van der Waals surface area contributed by atoms with E-state index in [1.54, 1.807) is 142 Å². The Labute approximate surface area is 670 Å². The lowest BCUT2D eigenvalue weighted by molar-refractivity contribution is 0.0980. The zero-order valence-electron chi connectivity index (χ0n) is 63.6. The lowest BCUT2D eigenvalue weighted by Gasteiger charge is -2.06. The molecule has 15 aromatic rings. The number of Topliss-reactive ketones (excluding diaryl/α,β-unsaturated/α-hetero) is 5. The molecule has 598 valence electrons. The van der Waals surface area contributed by atoms with Gasteiger partial charge in [0.25, 0.3) is 30.1 Å². The monoisotopic (exact) mass is 1600 g/mol. The molecule has 0 fully saturated rings. The molecule has 20 nitrogen and oxygen atoms in total. The number of nitrogens with zero attached hydrogens (tertiary/aromatic N) is 5. The molecule has 0 aliphatic heterocycles. The van der Waals surface area contributed by atoms with Crippen LogP contribution in [0.5, 0.6) is 0 Å². The largest absolute Gasteiger partial charge is 0.423 e. The summed E-state index contributed by atoms with van der Waals surface area (Å²) in [6.45, 7) is 8.97. The fourth-order valence-electron chi connectivity index (χ4n) is 11.4. The van der Waals surface area contributed by atoms with E-state index in [-0.39, 0.29) is 87.7 Å². The smallest absolute Gasteiger partial charge is 0.299 e. The predicted octanol–water partition coefficient (Wildman–Crippen LogP) is 24.5. The quantitative estimate of drug-likeness (QED) is 0.0263. The Balaban J connectivity index is 0.000000145. The zero-order valence-corrected chi connectivity index (χ0v) is 63.6. The van der Waals surface area contributed by atoms with Crippen molar-refractivity contribution >= 4 is 87.4 Å². The van der Waals surface area contributed by atoms with Crippen LogP contribution in [-0.2, 0) is 0 Å². The highest BCUT2D eigenvalue weighted by Gasteiger charge is 2.22. The van der Waals surface area contributed by atoms with Gasteiger partial charge in [-0.2, -0.15) is 0 Å². The number of nitrogens with one attached hydrogen (secondary N) is 5. The highest BCUT2D eigenvalue weighted by Crippen LogP contribution is 2.36. The minimum atomic E-state index is -0.753. The fourth-order valence-corrected chi connectivity index (χ4v) is 11.4. The van der Waals surface area contributed by atoms with Gasteiger partial charge in [-0.3, -0.25) is 24.0 Å². The summed E-state index contributed by atoms with van der Waals surface area (Å²) in [5.41, 5.74) is 6.81. The Morgan fingerprint density at radius 2 is 0.568 bits per heavy atom. The van der Waals surface area contributed by atoms with E-state index < -0.39 is 34.9 Å². The van der Waals surface area contributed by atoms with Gasteiger partial charge in [0.2, 0.25) is 0 Å². The van der Waals surface area contributed by atoms with Crippen LogP contribution in [0, 0.1) is 46.5 Å². The van der Waals surface area contributed by atoms with Crippen LogP contribution < -0.4 is 26.6 Å². The molecule has 118 heavy (non-hydrogen) atoms. The number of anilines is 10. The van der Waals surface area contributed by atoms with Crippen LogP contribution in [0.4, 0.5) is 93.6 Å². The average Bonchev–Trinajstić information content (AvgIpc) is 1.65. The number of para-hydroxylation sites is 1. The number of benzene rings is 10. The van der Waals surface area contributed by atoms with Crippen molar-refractivity contribution in [2.45, 2.75) is 66.7 Å². The van der Waals surface area contributed by atoms with Crippen molar-refractivity contribution in [3.8, 4) is 56.6 Å². The van der Waals surface area contributed by atoms with Crippen LogP contribution in [0.15, 0.2) is 278 Å². The Bertz CT molecular complexity index is 6000. The number of halogens is 8. The van der Waals surface area contributed by atoms with Gasteiger partial charge in [0.15, 0.2) is 57.7 Å². The Kier molecular flexibility index (Phi) is 28.6. The minimum Gasteiger partial charge on any atom is -0.423 e. The van der Waals surface area contributed by atoms with Crippen molar-refractivity contribution in [1.29, 1.82) is 0 Å². The third kappa shape index (κ3) is 21.9. The molecule has 28 heteroatoms. The van der Waals surface area contributed by atoms with Gasteiger partial charge in [0, 0.05) is 111 Å². The summed E-state index contributed by atoms with van der Waals surface area (Å²) in [7, 11) is 0. The van der Waals surface area contributed by atoms with E-state index in [0.29, 0.717) is 128 Å². The number of ketones is 5. The van der Waals surface area contributed by atoms with Crippen LogP contribution in [0.2, 0.25) is 0 Å². The first-order valence-corrected chi connectivity index (χ1v) is 36.7. The van der Waals surface area contributed by atoms with Crippen molar-refractivity contribution < 1.29 is 81.2 Å². The summed E-state index contributed by atoms with van der Waals surface area (Å²) in [6, 6.07) is 57.6. The Morgan fingerprint density at radius 3 is 0.932 bits per heavy atom. The van der Waals surface area contributed by atoms with Crippen LogP contribution in [-0.4, -0.2) is 53.8 Å². The highest BCUT2D eigenvalue weighted by atomic mass is 19.2. The Hall–Kier alpha value is -15.0. The fraction of sp³-hybridized carbons (Fsp3) is 0.111. The molecule has 0 bridgehead atoms. The van der Waals surface area contributed by atoms with Crippen LogP contribution in [0.25, 0.3) is 56.6 Å². The maximum Gasteiger partial charge on any atom is 0.299 e. The van der Waals surface area contributed by atoms with Gasteiger partial charge < -0.3 is 48.7 Å². The van der Waals surface area contributed by atoms with Gasteiger partial charge in [-0.05, 0) is 78.9 Å². The number of carbonyl (C=O) groups excluding carboxylic acids is 5. The van der Waals surface area contributed by atoms with Gasteiger partial charge in [-0.15, -0.1) is 0 Å². The molecule has 5 aromatic heterocycles. The molecule has 0 radical (unpaired) electrons. The molecule has 0 saturated heterocycles. The maximum absolute atomic E-state index is 13.7. The minimum absolute atomic E-state index is 0.00764. The van der Waals surface area contributed by atoms with Crippen molar-refractivity contribution in [3.63, 3.8) is 0 Å². The molecule has 0 atom stereocenters. The topological polar surface area (TPSA) is 276 Å². The number of hydrogen-bond acceptors (Lipinski definition) is 20.